The van der Waals surface area contributed by atoms with Crippen LogP contribution < -0.4 is 10.2 Å². The molecule has 39 heavy (non-hydrogen) atoms. The Morgan fingerprint density at radius 1 is 1.05 bits per heavy atom. The molecule has 7 nitrogen and oxygen atoms in total. The molecule has 11 heteroatoms. The van der Waals surface area contributed by atoms with Gasteiger partial charge in [0.25, 0.3) is 0 Å². The molecular formula is C28H25F3N4O3S. The van der Waals surface area contributed by atoms with Crippen LogP contribution in [0.25, 0.3) is 0 Å². The third kappa shape index (κ3) is 5.26. The second-order valence-corrected chi connectivity index (χ2v) is 10.9. The number of hydrogen-bond donors (Lipinski definition) is 1. The number of allylic oxidation sites excluding steroid dienone is 1. The summed E-state index contributed by atoms with van der Waals surface area (Å²) in [5, 5.41) is 12.2. The molecule has 2 heterocycles. The highest BCUT2D eigenvalue weighted by molar-refractivity contribution is 7.99. The summed E-state index contributed by atoms with van der Waals surface area (Å²) in [4.78, 5) is 43.4. The van der Waals surface area contributed by atoms with Gasteiger partial charge in [-0.05, 0) is 73.1 Å². The molecule has 4 amide bonds. The Bertz CT molecular complexity index is 1380. The van der Waals surface area contributed by atoms with Crippen molar-refractivity contribution in [1.82, 2.24) is 10.2 Å². The molecule has 0 spiro atoms. The summed E-state index contributed by atoms with van der Waals surface area (Å²) in [6.07, 6.45) is -2.33. The lowest BCUT2D eigenvalue weighted by atomic mass is 9.83. The summed E-state index contributed by atoms with van der Waals surface area (Å²) in [6, 6.07) is 9.84. The van der Waals surface area contributed by atoms with E-state index in [1.165, 1.54) is 12.1 Å². The molecule has 0 saturated carbocycles. The molecular weight excluding hydrogens is 529 g/mol. The van der Waals surface area contributed by atoms with Gasteiger partial charge in [0.1, 0.15) is 0 Å². The van der Waals surface area contributed by atoms with E-state index in [1.54, 1.807) is 36.0 Å². The summed E-state index contributed by atoms with van der Waals surface area (Å²) in [6.45, 7) is 0. The molecule has 1 N–H and O–H groups in total. The van der Waals surface area contributed by atoms with E-state index >= 15 is 0 Å². The van der Waals surface area contributed by atoms with Crippen molar-refractivity contribution >= 4 is 35.3 Å². The number of nitrogens with one attached hydrogen (secondary N) is 1. The number of thioether (sulfide) groups is 1. The normalized spacial score (nSPS) is 20.5. The molecule has 2 aromatic rings. The van der Waals surface area contributed by atoms with E-state index in [0.717, 1.165) is 33.4 Å². The Balaban J connectivity index is 1.67. The van der Waals surface area contributed by atoms with E-state index in [2.05, 4.69) is 5.32 Å². The number of alkyl halides is 3. The summed E-state index contributed by atoms with van der Waals surface area (Å²) in [5.41, 5.74) is 0.319. The van der Waals surface area contributed by atoms with E-state index < -0.39 is 29.8 Å². The maximum absolute atomic E-state index is 14.1. The minimum absolute atomic E-state index is 0.0674. The minimum atomic E-state index is -4.64. The number of halogens is 3. The molecule has 3 aliphatic rings. The van der Waals surface area contributed by atoms with Crippen molar-refractivity contribution in [2.45, 2.75) is 50.4 Å². The number of urea groups is 2. The predicted octanol–water partition coefficient (Wildman–Crippen LogP) is 6.17. The quantitative estimate of drug-likeness (QED) is 0.490. The largest absolute Gasteiger partial charge is 0.416 e. The number of carbonyl (C=O) groups is 3. The summed E-state index contributed by atoms with van der Waals surface area (Å²) in [5.74, 6) is 1.42. The van der Waals surface area contributed by atoms with Crippen LogP contribution in [0.3, 0.4) is 0 Å². The number of nitrogens with zero attached hydrogens (tertiary/aromatic N) is 3. The van der Waals surface area contributed by atoms with Crippen LogP contribution in [0.15, 0.2) is 59.8 Å². The molecule has 2 aliphatic heterocycles. The van der Waals surface area contributed by atoms with E-state index in [0.29, 0.717) is 36.1 Å². The summed E-state index contributed by atoms with van der Waals surface area (Å²) < 4.78 is 40.7. The van der Waals surface area contributed by atoms with Gasteiger partial charge in [0.05, 0.1) is 28.9 Å². The Hall–Kier alpha value is -3.78. The average Bonchev–Trinajstić information content (AvgIpc) is 2.92. The van der Waals surface area contributed by atoms with E-state index in [4.69, 9.17) is 0 Å². The predicted molar refractivity (Wildman–Crippen MR) is 140 cm³/mol. The number of imide groups is 1. The molecule has 1 saturated heterocycles. The Morgan fingerprint density at radius 2 is 1.77 bits per heavy atom. The Labute approximate surface area is 227 Å². The van der Waals surface area contributed by atoms with Crippen molar-refractivity contribution in [2.75, 3.05) is 16.4 Å². The number of ketones is 1. The van der Waals surface area contributed by atoms with Crippen LogP contribution in [-0.4, -0.2) is 40.3 Å². The van der Waals surface area contributed by atoms with Crippen molar-refractivity contribution in [3.63, 3.8) is 0 Å². The zero-order valence-corrected chi connectivity index (χ0v) is 21.6. The first-order valence-electron chi connectivity index (χ1n) is 12.6. The molecule has 5 rings (SSSR count). The minimum Gasteiger partial charge on any atom is -0.335 e. The monoisotopic (exact) mass is 554 g/mol. The highest BCUT2D eigenvalue weighted by atomic mass is 32.2. The van der Waals surface area contributed by atoms with Crippen molar-refractivity contribution in [2.24, 2.45) is 0 Å². The van der Waals surface area contributed by atoms with E-state index in [-0.39, 0.29) is 35.9 Å². The average molecular weight is 555 g/mol. The number of Topliss-reactive ketones (excluding diaryl/α,β-unsaturated/α-hetero) is 1. The highest BCUT2D eigenvalue weighted by Gasteiger charge is 2.48. The first-order chi connectivity index (χ1) is 18.7. The fraction of sp³-hybridized carbons (Fsp3) is 0.357. The molecule has 1 atom stereocenters. The Morgan fingerprint density at radius 3 is 2.44 bits per heavy atom. The van der Waals surface area contributed by atoms with Crippen molar-refractivity contribution < 1.29 is 27.6 Å². The van der Waals surface area contributed by atoms with E-state index in [9.17, 15) is 32.8 Å². The van der Waals surface area contributed by atoms with Crippen LogP contribution in [0.4, 0.5) is 28.4 Å². The van der Waals surface area contributed by atoms with Crippen molar-refractivity contribution in [3.05, 3.63) is 76.5 Å². The van der Waals surface area contributed by atoms with E-state index in [1.807, 2.05) is 6.07 Å². The van der Waals surface area contributed by atoms with Gasteiger partial charge in [-0.1, -0.05) is 18.2 Å². The van der Waals surface area contributed by atoms with Crippen LogP contribution >= 0.6 is 11.8 Å². The number of benzene rings is 2. The number of amides is 4. The van der Waals surface area contributed by atoms with Gasteiger partial charge in [0, 0.05) is 23.7 Å². The van der Waals surface area contributed by atoms with Crippen LogP contribution in [0.2, 0.25) is 0 Å². The maximum Gasteiger partial charge on any atom is 0.416 e. The Kier molecular flexibility index (Phi) is 7.40. The van der Waals surface area contributed by atoms with Gasteiger partial charge >= 0.3 is 18.2 Å². The first kappa shape index (κ1) is 26.8. The van der Waals surface area contributed by atoms with Crippen LogP contribution in [-0.2, 0) is 11.0 Å². The fourth-order valence-electron chi connectivity index (χ4n) is 5.29. The third-order valence-electron chi connectivity index (χ3n) is 7.18. The van der Waals surface area contributed by atoms with Gasteiger partial charge in [0.15, 0.2) is 5.78 Å². The second-order valence-electron chi connectivity index (χ2n) is 9.65. The number of rotatable bonds is 3. The SMILES string of the molecule is N#Cc1ccc(C2C3=C(CCCC3=O)N(c3cccc(C(F)(F)F)c3)C(=O)N2C(=O)NC2CCSCC2)cc1. The van der Waals surface area contributed by atoms with Crippen LogP contribution in [0, 0.1) is 11.3 Å². The zero-order chi connectivity index (χ0) is 27.7. The van der Waals surface area contributed by atoms with Gasteiger partial charge in [-0.15, -0.1) is 0 Å². The lowest BCUT2D eigenvalue weighted by Crippen LogP contribution is -2.58. The maximum atomic E-state index is 14.1. The van der Waals surface area contributed by atoms with Crippen molar-refractivity contribution in [3.8, 4) is 6.07 Å². The molecule has 0 radical (unpaired) electrons. The fourth-order valence-corrected chi connectivity index (χ4v) is 6.39. The van der Waals surface area contributed by atoms with Crippen molar-refractivity contribution in [1.29, 1.82) is 5.26 Å². The number of nitriles is 1. The van der Waals surface area contributed by atoms with Crippen LogP contribution in [0.1, 0.15) is 54.8 Å². The first-order valence-corrected chi connectivity index (χ1v) is 13.8. The van der Waals surface area contributed by atoms with Crippen LogP contribution in [0.5, 0.6) is 0 Å². The number of anilines is 1. The smallest absolute Gasteiger partial charge is 0.335 e. The molecule has 0 bridgehead atoms. The van der Waals surface area contributed by atoms with Gasteiger partial charge in [0.2, 0.25) is 0 Å². The topological polar surface area (TPSA) is 93.5 Å². The second kappa shape index (κ2) is 10.8. The number of hydrogen-bond acceptors (Lipinski definition) is 5. The van der Waals surface area contributed by atoms with Gasteiger partial charge < -0.3 is 5.32 Å². The molecule has 1 fully saturated rings. The highest BCUT2D eigenvalue weighted by Crippen LogP contribution is 2.45. The summed E-state index contributed by atoms with van der Waals surface area (Å²) in [7, 11) is 0. The molecule has 2 aromatic carbocycles. The van der Waals surface area contributed by atoms with Gasteiger partial charge in [-0.2, -0.15) is 30.2 Å². The lowest BCUT2D eigenvalue weighted by Gasteiger charge is -2.44. The van der Waals surface area contributed by atoms with Gasteiger partial charge in [-0.3, -0.25) is 9.69 Å². The zero-order valence-electron chi connectivity index (χ0n) is 20.8. The third-order valence-corrected chi connectivity index (χ3v) is 8.23. The lowest BCUT2D eigenvalue weighted by molar-refractivity contribution is -0.137. The molecule has 0 aromatic heterocycles. The van der Waals surface area contributed by atoms with Gasteiger partial charge in [-0.25, -0.2) is 14.5 Å². The standard InChI is InChI=1S/C28H25F3N4O3S/c29-28(30,31)19-3-1-4-21(15-19)34-22-5-2-6-23(36)24(22)25(18-9-7-17(16-32)8-10-18)35(27(34)38)26(37)33-20-11-13-39-14-12-20/h1,3-4,7-10,15,20,25H,2,5-6,11-14H2,(H,33,37). The summed E-state index contributed by atoms with van der Waals surface area (Å²) >= 11 is 1.77. The molecule has 1 aliphatic carbocycles. The molecule has 202 valence electrons. The number of carbonyl (C=O) groups excluding carboxylic acids is 3. The molecule has 1 unspecified atom stereocenters.